The van der Waals surface area contributed by atoms with Crippen LogP contribution in [-0.2, 0) is 0 Å². The summed E-state index contributed by atoms with van der Waals surface area (Å²) in [7, 11) is 0. The van der Waals surface area contributed by atoms with Gasteiger partial charge in [0.05, 0.1) is 11.6 Å². The molecular formula is C19H25NO. The van der Waals surface area contributed by atoms with E-state index in [1.807, 2.05) is 24.4 Å². The van der Waals surface area contributed by atoms with E-state index in [9.17, 15) is 5.11 Å². The molecule has 1 aromatic carbocycles. The number of benzene rings is 1. The standard InChI is InChI=1S/C19H25NO/c1-2-5-14-8-10-15(11-9-14)19(21)17-12-16-6-3-4-7-18(16)20-13-17/h3-4,6-7,12-15,19,21H,2,5,8-11H2,1H3. The fourth-order valence-electron chi connectivity index (χ4n) is 3.72. The summed E-state index contributed by atoms with van der Waals surface area (Å²) in [4.78, 5) is 4.48. The van der Waals surface area contributed by atoms with Crippen molar-refractivity contribution in [2.24, 2.45) is 11.8 Å². The number of aliphatic hydroxyl groups excluding tert-OH is 1. The van der Waals surface area contributed by atoms with Crippen LogP contribution in [0.25, 0.3) is 10.9 Å². The number of hydrogen-bond donors (Lipinski definition) is 1. The smallest absolute Gasteiger partial charge is 0.0833 e. The highest BCUT2D eigenvalue weighted by molar-refractivity contribution is 5.78. The van der Waals surface area contributed by atoms with E-state index in [0.29, 0.717) is 5.92 Å². The molecule has 1 unspecified atom stereocenters. The van der Waals surface area contributed by atoms with Gasteiger partial charge < -0.3 is 5.11 Å². The average molecular weight is 283 g/mol. The minimum Gasteiger partial charge on any atom is -0.388 e. The molecule has 0 aliphatic heterocycles. The molecule has 21 heavy (non-hydrogen) atoms. The molecule has 1 atom stereocenters. The first kappa shape index (κ1) is 14.5. The van der Waals surface area contributed by atoms with Crippen LogP contribution in [0.5, 0.6) is 0 Å². The van der Waals surface area contributed by atoms with Crippen LogP contribution in [0.15, 0.2) is 36.5 Å². The number of aliphatic hydroxyl groups is 1. The third kappa shape index (κ3) is 3.26. The zero-order valence-corrected chi connectivity index (χ0v) is 12.8. The Balaban J connectivity index is 1.70. The second kappa shape index (κ2) is 6.57. The minimum atomic E-state index is -0.357. The zero-order chi connectivity index (χ0) is 14.7. The largest absolute Gasteiger partial charge is 0.388 e. The average Bonchev–Trinajstić information content (AvgIpc) is 2.55. The van der Waals surface area contributed by atoms with Crippen molar-refractivity contribution in [3.63, 3.8) is 0 Å². The van der Waals surface area contributed by atoms with Gasteiger partial charge in [-0.2, -0.15) is 0 Å². The monoisotopic (exact) mass is 283 g/mol. The molecule has 1 saturated carbocycles. The molecule has 2 aromatic rings. The SMILES string of the molecule is CCCC1CCC(C(O)c2cnc3ccccc3c2)CC1. The second-order valence-corrected chi connectivity index (χ2v) is 6.48. The Labute approximate surface area is 127 Å². The number of para-hydroxylation sites is 1. The third-order valence-electron chi connectivity index (χ3n) is 4.99. The Morgan fingerprint density at radius 3 is 2.71 bits per heavy atom. The summed E-state index contributed by atoms with van der Waals surface area (Å²) in [5.74, 6) is 1.29. The van der Waals surface area contributed by atoms with E-state index in [-0.39, 0.29) is 6.10 Å². The maximum atomic E-state index is 10.7. The normalized spacial score (nSPS) is 24.1. The van der Waals surface area contributed by atoms with Crippen molar-refractivity contribution >= 4 is 10.9 Å². The molecule has 1 N–H and O–H groups in total. The van der Waals surface area contributed by atoms with Crippen LogP contribution in [0.4, 0.5) is 0 Å². The molecule has 1 fully saturated rings. The van der Waals surface area contributed by atoms with E-state index in [1.54, 1.807) is 0 Å². The number of pyridine rings is 1. The Hall–Kier alpha value is -1.41. The Kier molecular flexibility index (Phi) is 4.54. The fourth-order valence-corrected chi connectivity index (χ4v) is 3.72. The molecule has 2 heteroatoms. The van der Waals surface area contributed by atoms with Crippen molar-refractivity contribution in [3.05, 3.63) is 42.1 Å². The van der Waals surface area contributed by atoms with Crippen molar-refractivity contribution in [1.82, 2.24) is 4.98 Å². The first-order valence-electron chi connectivity index (χ1n) is 8.30. The summed E-state index contributed by atoms with van der Waals surface area (Å²) in [5, 5.41) is 11.8. The summed E-state index contributed by atoms with van der Waals surface area (Å²) in [6.45, 7) is 2.27. The Morgan fingerprint density at radius 2 is 1.95 bits per heavy atom. The van der Waals surface area contributed by atoms with Crippen LogP contribution in [0.2, 0.25) is 0 Å². The van der Waals surface area contributed by atoms with E-state index in [2.05, 4.69) is 24.0 Å². The molecule has 0 saturated heterocycles. The predicted octanol–water partition coefficient (Wildman–Crippen LogP) is 4.87. The second-order valence-electron chi connectivity index (χ2n) is 6.48. The first-order chi connectivity index (χ1) is 10.3. The quantitative estimate of drug-likeness (QED) is 0.868. The Bertz CT molecular complexity index is 587. The molecule has 1 aliphatic rings. The molecular weight excluding hydrogens is 258 g/mol. The number of fused-ring (bicyclic) bond motifs is 1. The zero-order valence-electron chi connectivity index (χ0n) is 12.8. The molecule has 2 nitrogen and oxygen atoms in total. The van der Waals surface area contributed by atoms with E-state index >= 15 is 0 Å². The van der Waals surface area contributed by atoms with Gasteiger partial charge in [0.1, 0.15) is 0 Å². The maximum absolute atomic E-state index is 10.7. The summed E-state index contributed by atoms with van der Waals surface area (Å²) in [6.07, 6.45) is 8.98. The molecule has 1 aliphatic carbocycles. The summed E-state index contributed by atoms with van der Waals surface area (Å²) < 4.78 is 0. The molecule has 0 spiro atoms. The minimum absolute atomic E-state index is 0.357. The van der Waals surface area contributed by atoms with Crippen molar-refractivity contribution in [3.8, 4) is 0 Å². The van der Waals surface area contributed by atoms with Crippen molar-refractivity contribution in [1.29, 1.82) is 0 Å². The van der Waals surface area contributed by atoms with Crippen LogP contribution in [-0.4, -0.2) is 10.1 Å². The van der Waals surface area contributed by atoms with Gasteiger partial charge in [-0.15, -0.1) is 0 Å². The lowest BCUT2D eigenvalue weighted by atomic mass is 9.76. The van der Waals surface area contributed by atoms with Crippen molar-refractivity contribution in [2.75, 3.05) is 0 Å². The molecule has 1 heterocycles. The van der Waals surface area contributed by atoms with Crippen LogP contribution in [0.3, 0.4) is 0 Å². The lowest BCUT2D eigenvalue weighted by molar-refractivity contribution is 0.0721. The number of hydrogen-bond acceptors (Lipinski definition) is 2. The lowest BCUT2D eigenvalue weighted by Gasteiger charge is -2.31. The van der Waals surface area contributed by atoms with Crippen LogP contribution in [0.1, 0.15) is 57.1 Å². The summed E-state index contributed by atoms with van der Waals surface area (Å²) >= 11 is 0. The molecule has 112 valence electrons. The number of aromatic nitrogens is 1. The van der Waals surface area contributed by atoms with Crippen LogP contribution >= 0.6 is 0 Å². The fraction of sp³-hybridized carbons (Fsp3) is 0.526. The van der Waals surface area contributed by atoms with E-state index in [0.717, 1.165) is 35.2 Å². The number of nitrogens with zero attached hydrogens (tertiary/aromatic N) is 1. The van der Waals surface area contributed by atoms with Gasteiger partial charge in [0.15, 0.2) is 0 Å². The van der Waals surface area contributed by atoms with Gasteiger partial charge in [-0.1, -0.05) is 50.8 Å². The van der Waals surface area contributed by atoms with Gasteiger partial charge in [0.25, 0.3) is 0 Å². The van der Waals surface area contributed by atoms with E-state index in [1.165, 1.54) is 25.7 Å². The highest BCUT2D eigenvalue weighted by Gasteiger charge is 2.27. The highest BCUT2D eigenvalue weighted by atomic mass is 16.3. The molecule has 0 bridgehead atoms. The predicted molar refractivity (Wildman–Crippen MR) is 87.1 cm³/mol. The van der Waals surface area contributed by atoms with Gasteiger partial charge in [0.2, 0.25) is 0 Å². The highest BCUT2D eigenvalue weighted by Crippen LogP contribution is 2.38. The van der Waals surface area contributed by atoms with Gasteiger partial charge in [-0.3, -0.25) is 4.98 Å². The van der Waals surface area contributed by atoms with Gasteiger partial charge in [-0.05, 0) is 42.4 Å². The third-order valence-corrected chi connectivity index (χ3v) is 4.99. The van der Waals surface area contributed by atoms with Gasteiger partial charge >= 0.3 is 0 Å². The molecule has 1 aromatic heterocycles. The Morgan fingerprint density at radius 1 is 1.19 bits per heavy atom. The lowest BCUT2D eigenvalue weighted by Crippen LogP contribution is -2.20. The van der Waals surface area contributed by atoms with Gasteiger partial charge in [-0.25, -0.2) is 0 Å². The van der Waals surface area contributed by atoms with E-state index < -0.39 is 0 Å². The number of rotatable bonds is 4. The van der Waals surface area contributed by atoms with Crippen LogP contribution < -0.4 is 0 Å². The van der Waals surface area contributed by atoms with Crippen molar-refractivity contribution in [2.45, 2.75) is 51.6 Å². The summed E-state index contributed by atoms with van der Waals surface area (Å²) in [6, 6.07) is 10.2. The summed E-state index contributed by atoms with van der Waals surface area (Å²) in [5.41, 5.74) is 1.98. The molecule has 0 amide bonds. The van der Waals surface area contributed by atoms with E-state index in [4.69, 9.17) is 0 Å². The maximum Gasteiger partial charge on any atom is 0.0833 e. The van der Waals surface area contributed by atoms with Crippen LogP contribution in [0, 0.1) is 11.8 Å². The van der Waals surface area contributed by atoms with Gasteiger partial charge in [0, 0.05) is 11.6 Å². The first-order valence-corrected chi connectivity index (χ1v) is 8.30. The van der Waals surface area contributed by atoms with Crippen molar-refractivity contribution < 1.29 is 5.11 Å². The molecule has 0 radical (unpaired) electrons. The molecule has 3 rings (SSSR count). The topological polar surface area (TPSA) is 33.1 Å².